The molecular weight excluding hydrogens is 420 g/mol. The molecule has 1 fully saturated rings. The van der Waals surface area contributed by atoms with Gasteiger partial charge in [-0.15, -0.1) is 15.7 Å². The zero-order valence-corrected chi connectivity index (χ0v) is 18.8. The van der Waals surface area contributed by atoms with E-state index in [2.05, 4.69) is 9.68 Å². The van der Waals surface area contributed by atoms with Crippen molar-refractivity contribution < 1.29 is 14.1 Å². The molecule has 5 rings (SSSR count). The van der Waals surface area contributed by atoms with Crippen molar-refractivity contribution in [3.63, 3.8) is 0 Å². The SMILES string of the molecule is CC(C)(O)c1csc(S(N)(=O)=NC(=O)Nc2c3c(nc4c2CCC42CC2)CCC3)c1. The van der Waals surface area contributed by atoms with E-state index in [4.69, 9.17) is 10.1 Å². The van der Waals surface area contributed by atoms with Crippen LogP contribution in [0.4, 0.5) is 10.5 Å². The van der Waals surface area contributed by atoms with Crippen LogP contribution >= 0.6 is 11.3 Å². The van der Waals surface area contributed by atoms with E-state index >= 15 is 0 Å². The van der Waals surface area contributed by atoms with Crippen LogP contribution in [0.25, 0.3) is 0 Å². The monoisotopic (exact) mass is 446 g/mol. The van der Waals surface area contributed by atoms with Gasteiger partial charge in [0.05, 0.1) is 17.0 Å². The smallest absolute Gasteiger partial charge is 0.354 e. The van der Waals surface area contributed by atoms with Crippen molar-refractivity contribution in [3.8, 4) is 0 Å². The predicted octanol–water partition coefficient (Wildman–Crippen LogP) is 3.77. The Morgan fingerprint density at radius 3 is 2.73 bits per heavy atom. The fourth-order valence-electron chi connectivity index (χ4n) is 4.67. The van der Waals surface area contributed by atoms with Crippen LogP contribution in [0.15, 0.2) is 20.0 Å². The largest absolute Gasteiger partial charge is 0.386 e. The summed E-state index contributed by atoms with van der Waals surface area (Å²) in [5.41, 5.74) is 5.01. The van der Waals surface area contributed by atoms with Gasteiger partial charge < -0.3 is 10.4 Å². The fraction of sp³-hybridized carbons (Fsp3) is 0.524. The number of fused-ring (bicyclic) bond motifs is 3. The van der Waals surface area contributed by atoms with E-state index in [-0.39, 0.29) is 9.62 Å². The molecule has 4 N–H and O–H groups in total. The molecule has 3 aliphatic carbocycles. The van der Waals surface area contributed by atoms with E-state index in [0.29, 0.717) is 5.56 Å². The number of urea groups is 1. The van der Waals surface area contributed by atoms with Gasteiger partial charge in [-0.25, -0.2) is 14.1 Å². The van der Waals surface area contributed by atoms with Crippen molar-refractivity contribution in [1.29, 1.82) is 0 Å². The molecule has 2 heterocycles. The first kappa shape index (κ1) is 20.1. The second-order valence-electron chi connectivity index (χ2n) is 9.18. The summed E-state index contributed by atoms with van der Waals surface area (Å²) < 4.78 is 17.1. The summed E-state index contributed by atoms with van der Waals surface area (Å²) in [4.78, 5) is 17.8. The topological polar surface area (TPSA) is 118 Å². The number of hydrogen-bond donors (Lipinski definition) is 3. The molecule has 7 nitrogen and oxygen atoms in total. The van der Waals surface area contributed by atoms with Crippen LogP contribution in [0.3, 0.4) is 0 Å². The van der Waals surface area contributed by atoms with Crippen LogP contribution in [0.5, 0.6) is 0 Å². The minimum atomic E-state index is -3.40. The highest BCUT2D eigenvalue weighted by molar-refractivity contribution is 7.93. The first-order valence-electron chi connectivity index (χ1n) is 10.3. The van der Waals surface area contributed by atoms with Gasteiger partial charge in [0.25, 0.3) is 0 Å². The second-order valence-corrected chi connectivity index (χ2v) is 12.1. The number of aromatic nitrogens is 1. The molecule has 2 aromatic rings. The highest BCUT2D eigenvalue weighted by Crippen LogP contribution is 2.58. The van der Waals surface area contributed by atoms with Crippen molar-refractivity contribution in [2.24, 2.45) is 9.50 Å². The molecule has 3 aliphatic rings. The molecule has 1 spiro atoms. The molecular formula is C21H26N4O3S2. The molecule has 0 bridgehead atoms. The summed E-state index contributed by atoms with van der Waals surface area (Å²) in [7, 11) is -3.40. The average Bonchev–Trinajstić information content (AvgIpc) is 3.05. The lowest BCUT2D eigenvalue weighted by molar-refractivity contribution is 0.0789. The van der Waals surface area contributed by atoms with Crippen LogP contribution in [0, 0.1) is 0 Å². The molecule has 0 saturated heterocycles. The first-order chi connectivity index (χ1) is 14.1. The number of hydrogen-bond acceptors (Lipinski definition) is 5. The van der Waals surface area contributed by atoms with Gasteiger partial charge in [0, 0.05) is 11.1 Å². The van der Waals surface area contributed by atoms with Crippen molar-refractivity contribution >= 4 is 33.0 Å². The Labute approximate surface area is 180 Å². The Balaban J connectivity index is 1.48. The molecule has 0 radical (unpaired) electrons. The third-order valence-electron chi connectivity index (χ3n) is 6.55. The summed E-state index contributed by atoms with van der Waals surface area (Å²) in [5.74, 6) is 0. The zero-order chi connectivity index (χ0) is 21.3. The van der Waals surface area contributed by atoms with Gasteiger partial charge in [-0.3, -0.25) is 4.98 Å². The van der Waals surface area contributed by atoms with Crippen molar-refractivity contribution in [2.45, 2.75) is 74.0 Å². The van der Waals surface area contributed by atoms with E-state index in [1.807, 2.05) is 0 Å². The molecule has 1 unspecified atom stereocenters. The number of aliphatic hydroxyl groups is 1. The van der Waals surface area contributed by atoms with Crippen molar-refractivity contribution in [3.05, 3.63) is 39.5 Å². The predicted molar refractivity (Wildman–Crippen MR) is 117 cm³/mol. The van der Waals surface area contributed by atoms with E-state index in [1.165, 1.54) is 12.8 Å². The Bertz CT molecular complexity index is 1180. The fourth-order valence-corrected chi connectivity index (χ4v) is 6.95. The van der Waals surface area contributed by atoms with Crippen LogP contribution in [-0.4, -0.2) is 20.3 Å². The van der Waals surface area contributed by atoms with E-state index in [9.17, 15) is 14.1 Å². The number of rotatable bonds is 3. The molecule has 1 saturated carbocycles. The third-order valence-corrected chi connectivity index (χ3v) is 9.41. The zero-order valence-electron chi connectivity index (χ0n) is 17.2. The number of amides is 2. The van der Waals surface area contributed by atoms with E-state index in [1.54, 1.807) is 25.3 Å². The van der Waals surface area contributed by atoms with Crippen LogP contribution < -0.4 is 10.5 Å². The molecule has 160 valence electrons. The highest BCUT2D eigenvalue weighted by Gasteiger charge is 2.51. The lowest BCUT2D eigenvalue weighted by Gasteiger charge is -2.16. The van der Waals surface area contributed by atoms with Gasteiger partial charge in [-0.2, -0.15) is 0 Å². The summed E-state index contributed by atoms with van der Waals surface area (Å²) in [6.45, 7) is 3.27. The van der Waals surface area contributed by atoms with E-state index in [0.717, 1.165) is 71.6 Å². The number of nitrogens with one attached hydrogen (secondary N) is 1. The maximum Gasteiger partial charge on any atom is 0.354 e. The van der Waals surface area contributed by atoms with Gasteiger partial charge in [-0.05, 0) is 86.9 Å². The maximum atomic E-state index is 13.0. The van der Waals surface area contributed by atoms with Gasteiger partial charge in [0.1, 0.15) is 4.21 Å². The highest BCUT2D eigenvalue weighted by atomic mass is 32.2. The normalized spacial score (nSPS) is 20.5. The Hall–Kier alpha value is -1.81. The Morgan fingerprint density at radius 1 is 1.30 bits per heavy atom. The minimum Gasteiger partial charge on any atom is -0.386 e. The lowest BCUT2D eigenvalue weighted by atomic mass is 10.0. The first-order valence-corrected chi connectivity index (χ1v) is 12.8. The molecule has 1 atom stereocenters. The standard InChI is InChI=1S/C21H26N4O3S2/c1-20(2,27)12-10-16(29-11-12)30(22,28)25-19(26)24-17-13-4-3-5-15(13)23-18-14(17)6-7-21(18)8-9-21/h10-11,27H,3-9H2,1-2H3,(H3,22,23,24,25,26,28). The average molecular weight is 447 g/mol. The lowest BCUT2D eigenvalue weighted by Crippen LogP contribution is -2.19. The summed E-state index contributed by atoms with van der Waals surface area (Å²) in [5, 5.41) is 20.7. The Morgan fingerprint density at radius 2 is 2.07 bits per heavy atom. The van der Waals surface area contributed by atoms with Gasteiger partial charge in [0.15, 0.2) is 9.92 Å². The molecule has 30 heavy (non-hydrogen) atoms. The molecule has 2 aromatic heterocycles. The van der Waals surface area contributed by atoms with Gasteiger partial charge in [0.2, 0.25) is 0 Å². The summed E-state index contributed by atoms with van der Waals surface area (Å²) >= 11 is 1.14. The number of nitrogens with two attached hydrogens (primary N) is 1. The van der Waals surface area contributed by atoms with Crippen LogP contribution in [-0.2, 0) is 40.2 Å². The molecule has 2 amide bonds. The van der Waals surface area contributed by atoms with Gasteiger partial charge >= 0.3 is 6.03 Å². The molecule has 0 aliphatic heterocycles. The van der Waals surface area contributed by atoms with Crippen LogP contribution in [0.1, 0.15) is 67.6 Å². The number of nitrogens with zero attached hydrogens (tertiary/aromatic N) is 2. The quantitative estimate of drug-likeness (QED) is 0.665. The number of aryl methyl sites for hydroxylation is 1. The molecule has 0 aromatic carbocycles. The van der Waals surface area contributed by atoms with Crippen molar-refractivity contribution in [2.75, 3.05) is 5.32 Å². The number of carbonyl (C=O) groups is 1. The summed E-state index contributed by atoms with van der Waals surface area (Å²) in [6, 6.07) is 0.864. The number of carbonyl (C=O) groups excluding carboxylic acids is 1. The molecule has 9 heteroatoms. The van der Waals surface area contributed by atoms with Crippen LogP contribution in [0.2, 0.25) is 0 Å². The second kappa shape index (κ2) is 6.59. The van der Waals surface area contributed by atoms with Gasteiger partial charge in [-0.1, -0.05) is 0 Å². The Kier molecular flexibility index (Phi) is 4.42. The minimum absolute atomic E-state index is 0.218. The number of thiophene rings is 1. The number of pyridine rings is 1. The third kappa shape index (κ3) is 3.28. The maximum absolute atomic E-state index is 13.0. The van der Waals surface area contributed by atoms with Crippen molar-refractivity contribution in [1.82, 2.24) is 4.98 Å². The number of anilines is 1. The van der Waals surface area contributed by atoms with E-state index < -0.39 is 21.5 Å². The summed E-state index contributed by atoms with van der Waals surface area (Å²) in [6.07, 6.45) is 7.17.